The Balaban J connectivity index is 1.93. The van der Waals surface area contributed by atoms with Crippen molar-refractivity contribution in [1.82, 2.24) is 5.32 Å². The SMILES string of the molecule is CC(C)(C)NC(=O)C(=O)Nc1ccc(N2CCCC2)cc1. The monoisotopic (exact) mass is 289 g/mol. The van der Waals surface area contributed by atoms with Crippen LogP contribution in [0.3, 0.4) is 0 Å². The molecule has 21 heavy (non-hydrogen) atoms. The van der Waals surface area contributed by atoms with Crippen LogP contribution in [0.4, 0.5) is 11.4 Å². The Bertz CT molecular complexity index is 511. The van der Waals surface area contributed by atoms with Crippen LogP contribution in [0, 0.1) is 0 Å². The molecule has 1 aliphatic rings. The lowest BCUT2D eigenvalue weighted by atomic mass is 10.1. The number of carbonyl (C=O) groups excluding carboxylic acids is 2. The van der Waals surface area contributed by atoms with E-state index in [9.17, 15) is 9.59 Å². The van der Waals surface area contributed by atoms with Crippen molar-refractivity contribution in [1.29, 1.82) is 0 Å². The van der Waals surface area contributed by atoms with Crippen molar-refractivity contribution in [3.63, 3.8) is 0 Å². The first-order valence-electron chi connectivity index (χ1n) is 7.34. The third kappa shape index (κ3) is 4.48. The molecule has 2 rings (SSSR count). The van der Waals surface area contributed by atoms with Gasteiger partial charge in [0.25, 0.3) is 0 Å². The average molecular weight is 289 g/mol. The molecule has 5 nitrogen and oxygen atoms in total. The van der Waals surface area contributed by atoms with Crippen LogP contribution in [0.25, 0.3) is 0 Å². The smallest absolute Gasteiger partial charge is 0.313 e. The van der Waals surface area contributed by atoms with Gasteiger partial charge in [0.15, 0.2) is 0 Å². The van der Waals surface area contributed by atoms with E-state index in [1.165, 1.54) is 12.8 Å². The Hall–Kier alpha value is -2.04. The summed E-state index contributed by atoms with van der Waals surface area (Å²) in [5.41, 5.74) is 1.37. The molecule has 0 radical (unpaired) electrons. The van der Waals surface area contributed by atoms with Gasteiger partial charge in [0.05, 0.1) is 0 Å². The number of hydrogen-bond acceptors (Lipinski definition) is 3. The maximum absolute atomic E-state index is 11.8. The van der Waals surface area contributed by atoms with E-state index in [1.807, 2.05) is 45.0 Å². The second kappa shape index (κ2) is 6.16. The van der Waals surface area contributed by atoms with Crippen molar-refractivity contribution < 1.29 is 9.59 Å². The molecule has 1 aliphatic heterocycles. The molecule has 0 spiro atoms. The number of hydrogen-bond donors (Lipinski definition) is 2. The standard InChI is InChI=1S/C16H23N3O2/c1-16(2,3)18-15(21)14(20)17-12-6-8-13(9-7-12)19-10-4-5-11-19/h6-9H,4-5,10-11H2,1-3H3,(H,17,20)(H,18,21). The lowest BCUT2D eigenvalue weighted by Gasteiger charge is -2.20. The summed E-state index contributed by atoms with van der Waals surface area (Å²) in [6, 6.07) is 7.61. The normalized spacial score (nSPS) is 14.9. The van der Waals surface area contributed by atoms with E-state index in [-0.39, 0.29) is 0 Å². The van der Waals surface area contributed by atoms with Gasteiger partial charge in [0.2, 0.25) is 0 Å². The second-order valence-corrected chi connectivity index (χ2v) is 6.40. The van der Waals surface area contributed by atoms with Gasteiger partial charge >= 0.3 is 11.8 Å². The van der Waals surface area contributed by atoms with E-state index >= 15 is 0 Å². The first-order valence-corrected chi connectivity index (χ1v) is 7.34. The zero-order valence-corrected chi connectivity index (χ0v) is 12.9. The summed E-state index contributed by atoms with van der Waals surface area (Å²) in [4.78, 5) is 25.8. The summed E-state index contributed by atoms with van der Waals surface area (Å²) in [5, 5.41) is 5.25. The molecule has 5 heteroatoms. The topological polar surface area (TPSA) is 61.4 Å². The molecule has 0 atom stereocenters. The van der Waals surface area contributed by atoms with Crippen molar-refractivity contribution in [3.05, 3.63) is 24.3 Å². The van der Waals surface area contributed by atoms with Crippen LogP contribution in [0.1, 0.15) is 33.6 Å². The van der Waals surface area contributed by atoms with Gasteiger partial charge in [-0.1, -0.05) is 0 Å². The van der Waals surface area contributed by atoms with Gasteiger partial charge in [0, 0.05) is 30.0 Å². The lowest BCUT2D eigenvalue weighted by molar-refractivity contribution is -0.137. The molecule has 0 saturated carbocycles. The molecule has 0 aromatic heterocycles. The highest BCUT2D eigenvalue weighted by atomic mass is 16.2. The van der Waals surface area contributed by atoms with Crippen LogP contribution in [0.2, 0.25) is 0 Å². The molecule has 1 aromatic carbocycles. The molecule has 0 aliphatic carbocycles. The molecule has 1 saturated heterocycles. The number of nitrogens with zero attached hydrogens (tertiary/aromatic N) is 1. The van der Waals surface area contributed by atoms with E-state index in [0.717, 1.165) is 18.8 Å². The molecule has 1 fully saturated rings. The van der Waals surface area contributed by atoms with E-state index in [2.05, 4.69) is 15.5 Å². The van der Waals surface area contributed by atoms with Gasteiger partial charge < -0.3 is 15.5 Å². The maximum atomic E-state index is 11.8. The average Bonchev–Trinajstić information content (AvgIpc) is 2.91. The van der Waals surface area contributed by atoms with Gasteiger partial charge in [-0.3, -0.25) is 9.59 Å². The Kier molecular flexibility index (Phi) is 4.50. The summed E-state index contributed by atoms with van der Waals surface area (Å²) in [6.07, 6.45) is 2.46. The Labute approximate surface area is 125 Å². The highest BCUT2D eigenvalue weighted by Crippen LogP contribution is 2.21. The Morgan fingerprint density at radius 3 is 2.10 bits per heavy atom. The first-order chi connectivity index (χ1) is 9.85. The summed E-state index contributed by atoms with van der Waals surface area (Å²) in [7, 11) is 0. The summed E-state index contributed by atoms with van der Waals surface area (Å²) in [5.74, 6) is -1.26. The minimum atomic E-state index is -0.640. The van der Waals surface area contributed by atoms with Crippen molar-refractivity contribution >= 4 is 23.2 Å². The quantitative estimate of drug-likeness (QED) is 0.820. The number of benzene rings is 1. The summed E-state index contributed by atoms with van der Waals surface area (Å²) in [6.45, 7) is 7.68. The van der Waals surface area contributed by atoms with Crippen molar-refractivity contribution in [2.24, 2.45) is 0 Å². The molecule has 2 amide bonds. The van der Waals surface area contributed by atoms with Gasteiger partial charge in [-0.05, 0) is 57.9 Å². The Morgan fingerprint density at radius 1 is 1.00 bits per heavy atom. The van der Waals surface area contributed by atoms with Crippen LogP contribution >= 0.6 is 0 Å². The van der Waals surface area contributed by atoms with Crippen LogP contribution in [0.5, 0.6) is 0 Å². The molecule has 2 N–H and O–H groups in total. The highest BCUT2D eigenvalue weighted by Gasteiger charge is 2.20. The van der Waals surface area contributed by atoms with E-state index in [1.54, 1.807) is 0 Å². The van der Waals surface area contributed by atoms with Crippen molar-refractivity contribution in [3.8, 4) is 0 Å². The molecule has 0 bridgehead atoms. The predicted octanol–water partition coefficient (Wildman–Crippen LogP) is 2.14. The summed E-state index contributed by atoms with van der Waals surface area (Å²) >= 11 is 0. The molecule has 0 unspecified atom stereocenters. The van der Waals surface area contributed by atoms with E-state index < -0.39 is 17.4 Å². The number of nitrogens with one attached hydrogen (secondary N) is 2. The highest BCUT2D eigenvalue weighted by molar-refractivity contribution is 6.39. The molecule has 1 aromatic rings. The predicted molar refractivity (Wildman–Crippen MR) is 84.4 cm³/mol. The van der Waals surface area contributed by atoms with E-state index in [4.69, 9.17) is 0 Å². The molecule has 1 heterocycles. The molecular weight excluding hydrogens is 266 g/mol. The summed E-state index contributed by atoms with van der Waals surface area (Å²) < 4.78 is 0. The molecular formula is C16H23N3O2. The third-order valence-electron chi connectivity index (χ3n) is 3.29. The zero-order valence-electron chi connectivity index (χ0n) is 12.9. The van der Waals surface area contributed by atoms with Gasteiger partial charge in [-0.25, -0.2) is 0 Å². The van der Waals surface area contributed by atoms with Crippen LogP contribution in [0.15, 0.2) is 24.3 Å². The zero-order chi connectivity index (χ0) is 15.5. The van der Waals surface area contributed by atoms with Gasteiger partial charge in [-0.2, -0.15) is 0 Å². The van der Waals surface area contributed by atoms with Gasteiger partial charge in [-0.15, -0.1) is 0 Å². The number of amides is 2. The lowest BCUT2D eigenvalue weighted by Crippen LogP contribution is -2.46. The maximum Gasteiger partial charge on any atom is 0.313 e. The van der Waals surface area contributed by atoms with Gasteiger partial charge in [0.1, 0.15) is 0 Å². The molecule has 114 valence electrons. The minimum absolute atomic E-state index is 0.423. The largest absolute Gasteiger partial charge is 0.372 e. The van der Waals surface area contributed by atoms with Crippen LogP contribution < -0.4 is 15.5 Å². The Morgan fingerprint density at radius 2 is 1.57 bits per heavy atom. The number of carbonyl (C=O) groups is 2. The van der Waals surface area contributed by atoms with Crippen molar-refractivity contribution in [2.45, 2.75) is 39.2 Å². The first kappa shape index (κ1) is 15.4. The van der Waals surface area contributed by atoms with Crippen molar-refractivity contribution in [2.75, 3.05) is 23.3 Å². The number of rotatable bonds is 2. The second-order valence-electron chi connectivity index (χ2n) is 6.40. The van der Waals surface area contributed by atoms with E-state index in [0.29, 0.717) is 5.69 Å². The van der Waals surface area contributed by atoms with Crippen LogP contribution in [-0.4, -0.2) is 30.4 Å². The fourth-order valence-corrected chi connectivity index (χ4v) is 2.32. The number of anilines is 2. The fourth-order valence-electron chi connectivity index (χ4n) is 2.32. The third-order valence-corrected chi connectivity index (χ3v) is 3.29. The van der Waals surface area contributed by atoms with Crippen LogP contribution in [-0.2, 0) is 9.59 Å². The minimum Gasteiger partial charge on any atom is -0.372 e. The fraction of sp³-hybridized carbons (Fsp3) is 0.500.